The molecule has 6 nitrogen and oxygen atoms in total. The van der Waals surface area contributed by atoms with Crippen LogP contribution in [-0.4, -0.2) is 20.7 Å². The van der Waals surface area contributed by atoms with E-state index in [-0.39, 0.29) is 12.5 Å². The summed E-state index contributed by atoms with van der Waals surface area (Å²) < 4.78 is 7.56. The van der Waals surface area contributed by atoms with E-state index < -0.39 is 0 Å². The van der Waals surface area contributed by atoms with E-state index in [0.717, 1.165) is 11.1 Å². The quantitative estimate of drug-likeness (QED) is 0.482. The third-order valence-corrected chi connectivity index (χ3v) is 4.87. The van der Waals surface area contributed by atoms with Crippen LogP contribution in [0.25, 0.3) is 5.82 Å². The first kappa shape index (κ1) is 19.7. The minimum Gasteiger partial charge on any atom is -0.488 e. The molecule has 0 spiro atoms. The number of carbonyl (C=O) groups is 1. The molecule has 0 saturated carbocycles. The van der Waals surface area contributed by atoms with E-state index in [1.54, 1.807) is 35.3 Å². The lowest BCUT2D eigenvalue weighted by Crippen LogP contribution is -2.24. The Labute approximate surface area is 179 Å². The second kappa shape index (κ2) is 9.24. The number of benzene rings is 2. The molecule has 1 N–H and O–H groups in total. The van der Waals surface area contributed by atoms with Gasteiger partial charge < -0.3 is 10.1 Å². The van der Waals surface area contributed by atoms with Crippen LogP contribution in [-0.2, 0) is 13.2 Å². The molecule has 0 bridgehead atoms. The van der Waals surface area contributed by atoms with Crippen molar-refractivity contribution in [3.05, 3.63) is 107 Å². The number of amides is 1. The Kier molecular flexibility index (Phi) is 6.06. The average molecular weight is 419 g/mol. The maximum atomic E-state index is 12.9. The molecule has 4 aromatic rings. The molecule has 30 heavy (non-hydrogen) atoms. The topological polar surface area (TPSA) is 69.0 Å². The van der Waals surface area contributed by atoms with E-state index in [1.807, 2.05) is 54.7 Å². The van der Waals surface area contributed by atoms with Crippen LogP contribution < -0.4 is 10.1 Å². The molecule has 0 aliphatic carbocycles. The van der Waals surface area contributed by atoms with E-state index in [9.17, 15) is 4.79 Å². The van der Waals surface area contributed by atoms with Gasteiger partial charge in [-0.25, -0.2) is 9.67 Å². The first-order valence-corrected chi connectivity index (χ1v) is 9.77. The number of para-hydroxylation sites is 1. The van der Waals surface area contributed by atoms with Gasteiger partial charge in [0.05, 0.1) is 5.56 Å². The van der Waals surface area contributed by atoms with Crippen molar-refractivity contribution in [3.63, 3.8) is 0 Å². The minimum absolute atomic E-state index is 0.236. The third kappa shape index (κ3) is 4.50. The fourth-order valence-electron chi connectivity index (χ4n) is 2.99. The van der Waals surface area contributed by atoms with Gasteiger partial charge in [0.1, 0.15) is 12.4 Å². The summed E-state index contributed by atoms with van der Waals surface area (Å²) in [5.74, 6) is 0.930. The van der Waals surface area contributed by atoms with Gasteiger partial charge in [0, 0.05) is 41.3 Å². The van der Waals surface area contributed by atoms with Crippen molar-refractivity contribution < 1.29 is 9.53 Å². The highest BCUT2D eigenvalue weighted by molar-refractivity contribution is 6.31. The fourth-order valence-corrected chi connectivity index (χ4v) is 3.18. The van der Waals surface area contributed by atoms with Crippen molar-refractivity contribution in [2.45, 2.75) is 13.2 Å². The summed E-state index contributed by atoms with van der Waals surface area (Å²) in [4.78, 5) is 17.2. The number of hydrogen-bond acceptors (Lipinski definition) is 4. The highest BCUT2D eigenvalue weighted by atomic mass is 35.5. The van der Waals surface area contributed by atoms with Crippen molar-refractivity contribution in [2.24, 2.45) is 0 Å². The lowest BCUT2D eigenvalue weighted by atomic mass is 10.1. The van der Waals surface area contributed by atoms with Gasteiger partial charge in [0.2, 0.25) is 0 Å². The molecule has 0 unspecified atom stereocenters. The Morgan fingerprint density at radius 2 is 1.77 bits per heavy atom. The monoisotopic (exact) mass is 418 g/mol. The van der Waals surface area contributed by atoms with Gasteiger partial charge in [-0.2, -0.15) is 5.10 Å². The summed E-state index contributed by atoms with van der Waals surface area (Å²) >= 11 is 6.20. The summed E-state index contributed by atoms with van der Waals surface area (Å²) in [5.41, 5.74) is 2.16. The molecular formula is C23H19ClN4O2. The van der Waals surface area contributed by atoms with Crippen LogP contribution in [0.2, 0.25) is 5.02 Å². The molecule has 1 amide bonds. The van der Waals surface area contributed by atoms with Crippen LogP contribution in [0.15, 0.2) is 85.3 Å². The van der Waals surface area contributed by atoms with E-state index in [2.05, 4.69) is 15.4 Å². The number of halogens is 1. The van der Waals surface area contributed by atoms with Gasteiger partial charge in [-0.1, -0.05) is 48.0 Å². The summed E-state index contributed by atoms with van der Waals surface area (Å²) in [6.07, 6.45) is 5.19. The van der Waals surface area contributed by atoms with Crippen LogP contribution in [0.5, 0.6) is 5.75 Å². The number of carbonyl (C=O) groups excluding carboxylic acids is 1. The zero-order valence-electron chi connectivity index (χ0n) is 16.0. The largest absolute Gasteiger partial charge is 0.488 e. The Balaban J connectivity index is 1.47. The third-order valence-electron chi connectivity index (χ3n) is 4.50. The van der Waals surface area contributed by atoms with Crippen molar-refractivity contribution in [3.8, 4) is 11.6 Å². The molecule has 0 aliphatic heterocycles. The Morgan fingerprint density at radius 1 is 0.967 bits per heavy atom. The van der Waals surface area contributed by atoms with E-state index in [1.165, 1.54) is 0 Å². The summed E-state index contributed by atoms with van der Waals surface area (Å²) in [7, 11) is 0. The number of ether oxygens (including phenoxy) is 1. The first-order chi connectivity index (χ1) is 14.7. The lowest BCUT2D eigenvalue weighted by molar-refractivity contribution is 0.0946. The van der Waals surface area contributed by atoms with Crippen molar-refractivity contribution in [2.75, 3.05) is 0 Å². The van der Waals surface area contributed by atoms with Crippen LogP contribution >= 0.6 is 11.6 Å². The van der Waals surface area contributed by atoms with Crippen LogP contribution in [0.3, 0.4) is 0 Å². The predicted molar refractivity (Wildman–Crippen MR) is 115 cm³/mol. The second-order valence-electron chi connectivity index (χ2n) is 6.50. The molecular weight excluding hydrogens is 400 g/mol. The predicted octanol–water partition coefficient (Wildman–Crippen LogP) is 4.43. The minimum atomic E-state index is -0.236. The van der Waals surface area contributed by atoms with Gasteiger partial charge in [-0.3, -0.25) is 4.79 Å². The van der Waals surface area contributed by atoms with Gasteiger partial charge in [0.25, 0.3) is 5.91 Å². The molecule has 2 aromatic carbocycles. The van der Waals surface area contributed by atoms with Crippen LogP contribution in [0.1, 0.15) is 21.5 Å². The number of nitrogens with zero attached hydrogens (tertiary/aromatic N) is 3. The van der Waals surface area contributed by atoms with Crippen molar-refractivity contribution in [1.82, 2.24) is 20.1 Å². The highest BCUT2D eigenvalue weighted by Gasteiger charge is 2.14. The standard InChI is InChI=1S/C23H19ClN4O2/c24-20-10-3-1-7-18(20)16-30-21-11-4-2-9-19(21)23(29)26-15-17-8-5-12-25-22(17)28-14-6-13-27-28/h1-14H,15-16H2,(H,26,29). The normalized spacial score (nSPS) is 10.6. The maximum absolute atomic E-state index is 12.9. The van der Waals surface area contributed by atoms with E-state index in [4.69, 9.17) is 16.3 Å². The molecule has 0 saturated heterocycles. The molecule has 0 radical (unpaired) electrons. The first-order valence-electron chi connectivity index (χ1n) is 9.40. The number of nitrogens with one attached hydrogen (secondary N) is 1. The molecule has 0 atom stereocenters. The van der Waals surface area contributed by atoms with Gasteiger partial charge >= 0.3 is 0 Å². The Morgan fingerprint density at radius 3 is 2.60 bits per heavy atom. The van der Waals surface area contributed by atoms with Crippen LogP contribution in [0.4, 0.5) is 0 Å². The van der Waals surface area contributed by atoms with E-state index in [0.29, 0.717) is 28.7 Å². The molecule has 0 fully saturated rings. The van der Waals surface area contributed by atoms with Gasteiger partial charge in [0.15, 0.2) is 5.82 Å². The molecule has 2 aromatic heterocycles. The number of aromatic nitrogens is 3. The molecule has 2 heterocycles. The number of hydrogen-bond donors (Lipinski definition) is 1. The number of rotatable bonds is 7. The van der Waals surface area contributed by atoms with E-state index >= 15 is 0 Å². The molecule has 0 aliphatic rings. The van der Waals surface area contributed by atoms with Crippen molar-refractivity contribution >= 4 is 17.5 Å². The molecule has 150 valence electrons. The smallest absolute Gasteiger partial charge is 0.255 e. The highest BCUT2D eigenvalue weighted by Crippen LogP contribution is 2.22. The van der Waals surface area contributed by atoms with Crippen molar-refractivity contribution in [1.29, 1.82) is 0 Å². The molecule has 7 heteroatoms. The summed E-state index contributed by atoms with van der Waals surface area (Å²) in [6, 6.07) is 20.2. The zero-order valence-corrected chi connectivity index (χ0v) is 16.8. The molecule has 4 rings (SSSR count). The maximum Gasteiger partial charge on any atom is 0.255 e. The summed E-state index contributed by atoms with van der Waals surface area (Å²) in [5, 5.41) is 7.79. The Hall–Kier alpha value is -3.64. The SMILES string of the molecule is O=C(NCc1cccnc1-n1cccn1)c1ccccc1OCc1ccccc1Cl. The second-order valence-corrected chi connectivity index (χ2v) is 6.90. The average Bonchev–Trinajstić information content (AvgIpc) is 3.32. The summed E-state index contributed by atoms with van der Waals surface area (Å²) in [6.45, 7) is 0.580. The Bertz CT molecular complexity index is 1150. The fraction of sp³-hybridized carbons (Fsp3) is 0.0870. The van der Waals surface area contributed by atoms with Gasteiger partial charge in [-0.15, -0.1) is 0 Å². The van der Waals surface area contributed by atoms with Gasteiger partial charge in [-0.05, 0) is 30.3 Å². The lowest BCUT2D eigenvalue weighted by Gasteiger charge is -2.13. The number of pyridine rings is 1. The van der Waals surface area contributed by atoms with Crippen LogP contribution in [0, 0.1) is 0 Å². The zero-order chi connectivity index (χ0) is 20.8.